The number of nitrogen functional groups attached to an aromatic ring is 1. The van der Waals surface area contributed by atoms with E-state index in [9.17, 15) is 14.4 Å². The summed E-state index contributed by atoms with van der Waals surface area (Å²) in [5.41, 5.74) is 8.10. The Labute approximate surface area is 189 Å². The molecular formula is C21H22Cl2N4O4. The van der Waals surface area contributed by atoms with Crippen LogP contribution in [-0.4, -0.2) is 37.6 Å². The average Bonchev–Trinajstić information content (AvgIpc) is 3.16. The van der Waals surface area contributed by atoms with Crippen LogP contribution in [0.4, 0.5) is 10.5 Å². The van der Waals surface area contributed by atoms with Crippen molar-refractivity contribution in [3.8, 4) is 0 Å². The van der Waals surface area contributed by atoms with Crippen LogP contribution >= 0.6 is 23.2 Å². The number of urea groups is 1. The fourth-order valence-electron chi connectivity index (χ4n) is 3.45. The first kappa shape index (κ1) is 22.7. The highest BCUT2D eigenvalue weighted by Gasteiger charge is 2.27. The van der Waals surface area contributed by atoms with E-state index < -0.39 is 23.9 Å². The normalized spacial score (nSPS) is 15.5. The van der Waals surface area contributed by atoms with Crippen molar-refractivity contribution in [1.29, 1.82) is 0 Å². The number of methoxy groups -OCH3 is 1. The average molecular weight is 465 g/mol. The number of fused-ring (bicyclic) bond motifs is 1. The lowest BCUT2D eigenvalue weighted by molar-refractivity contribution is -0.142. The third-order valence-electron chi connectivity index (χ3n) is 5.04. The van der Waals surface area contributed by atoms with Crippen molar-refractivity contribution in [2.45, 2.75) is 24.9 Å². The number of carbonyl (C=O) groups is 3. The molecule has 1 aliphatic rings. The molecule has 5 N–H and O–H groups in total. The maximum absolute atomic E-state index is 12.7. The third kappa shape index (κ3) is 5.21. The Hall–Kier alpha value is -2.97. The van der Waals surface area contributed by atoms with Crippen molar-refractivity contribution in [3.05, 3.63) is 63.1 Å². The van der Waals surface area contributed by atoms with Gasteiger partial charge in [-0.15, -0.1) is 0 Å². The highest BCUT2D eigenvalue weighted by molar-refractivity contribution is 6.41. The quantitative estimate of drug-likeness (QED) is 0.386. The van der Waals surface area contributed by atoms with Gasteiger partial charge in [-0.1, -0.05) is 47.5 Å². The Balaban J connectivity index is 1.63. The maximum atomic E-state index is 12.7. The van der Waals surface area contributed by atoms with Crippen LogP contribution in [0.2, 0.25) is 10.0 Å². The van der Waals surface area contributed by atoms with Crippen molar-refractivity contribution in [3.63, 3.8) is 0 Å². The molecule has 1 aliphatic carbocycles. The first-order valence-electron chi connectivity index (χ1n) is 9.56. The van der Waals surface area contributed by atoms with Crippen LogP contribution in [0.1, 0.15) is 33.9 Å². The van der Waals surface area contributed by atoms with Gasteiger partial charge in [-0.05, 0) is 36.1 Å². The number of rotatable bonds is 6. The van der Waals surface area contributed by atoms with E-state index >= 15 is 0 Å². The number of halogens is 2. The molecule has 0 radical (unpaired) electrons. The number of aryl methyl sites for hydroxylation is 1. The van der Waals surface area contributed by atoms with Crippen molar-refractivity contribution < 1.29 is 19.1 Å². The van der Waals surface area contributed by atoms with Gasteiger partial charge >= 0.3 is 12.0 Å². The van der Waals surface area contributed by atoms with Gasteiger partial charge in [-0.25, -0.2) is 9.59 Å². The van der Waals surface area contributed by atoms with Gasteiger partial charge in [0, 0.05) is 0 Å². The Morgan fingerprint density at radius 1 is 1.19 bits per heavy atom. The summed E-state index contributed by atoms with van der Waals surface area (Å²) in [6, 6.07) is 9.04. The molecule has 164 valence electrons. The molecule has 0 heterocycles. The van der Waals surface area contributed by atoms with Crippen LogP contribution in [0.15, 0.2) is 36.4 Å². The summed E-state index contributed by atoms with van der Waals surface area (Å²) in [7, 11) is 1.18. The zero-order valence-electron chi connectivity index (χ0n) is 16.7. The van der Waals surface area contributed by atoms with Crippen molar-refractivity contribution in [2.24, 2.45) is 0 Å². The van der Waals surface area contributed by atoms with E-state index in [4.69, 9.17) is 33.7 Å². The second-order valence-corrected chi connectivity index (χ2v) is 7.80. The number of carbonyl (C=O) groups excluding carboxylic acids is 3. The monoisotopic (exact) mass is 464 g/mol. The molecule has 2 aromatic carbocycles. The summed E-state index contributed by atoms with van der Waals surface area (Å²) >= 11 is 12.1. The number of amides is 3. The number of hydrogen-bond acceptors (Lipinski definition) is 5. The van der Waals surface area contributed by atoms with Crippen LogP contribution < -0.4 is 21.7 Å². The van der Waals surface area contributed by atoms with Gasteiger partial charge in [0.1, 0.15) is 6.04 Å². The number of nitrogens with one attached hydrogen (secondary N) is 3. The van der Waals surface area contributed by atoms with E-state index in [2.05, 4.69) is 16.0 Å². The minimum atomic E-state index is -1.16. The molecule has 0 saturated heterocycles. The second-order valence-electron chi connectivity index (χ2n) is 7.02. The van der Waals surface area contributed by atoms with Gasteiger partial charge in [0.2, 0.25) is 0 Å². The summed E-state index contributed by atoms with van der Waals surface area (Å²) in [5, 5.41) is 8.00. The minimum Gasteiger partial charge on any atom is -0.467 e. The molecule has 31 heavy (non-hydrogen) atoms. The topological polar surface area (TPSA) is 123 Å². The molecular weight excluding hydrogens is 443 g/mol. The van der Waals surface area contributed by atoms with Gasteiger partial charge in [-0.3, -0.25) is 4.79 Å². The van der Waals surface area contributed by atoms with Crippen molar-refractivity contribution >= 4 is 46.8 Å². The molecule has 3 amide bonds. The number of benzene rings is 2. The van der Waals surface area contributed by atoms with Gasteiger partial charge in [0.25, 0.3) is 5.91 Å². The first-order chi connectivity index (χ1) is 14.8. The van der Waals surface area contributed by atoms with Crippen LogP contribution in [0.25, 0.3) is 0 Å². The zero-order chi connectivity index (χ0) is 22.5. The predicted octanol–water partition coefficient (Wildman–Crippen LogP) is 2.83. The Morgan fingerprint density at radius 3 is 2.68 bits per heavy atom. The van der Waals surface area contributed by atoms with Crippen LogP contribution in [0.5, 0.6) is 0 Å². The van der Waals surface area contributed by atoms with Crippen LogP contribution in [-0.2, 0) is 16.0 Å². The lowest BCUT2D eigenvalue weighted by atomic mass is 10.1. The lowest BCUT2D eigenvalue weighted by Gasteiger charge is -2.20. The number of nitrogens with two attached hydrogens (primary N) is 1. The SMILES string of the molecule is COC(=O)C(CNC(=O)N[C@@H]1CCc2ccccc21)NC(=O)c1c(Cl)ccc(N)c1Cl. The summed E-state index contributed by atoms with van der Waals surface area (Å²) in [6.07, 6.45) is 1.67. The van der Waals surface area contributed by atoms with Crippen LogP contribution in [0.3, 0.4) is 0 Å². The largest absolute Gasteiger partial charge is 0.467 e. The standard InChI is InChI=1S/C21H22Cl2N4O4/c1-31-20(29)16(26-19(28)17-13(22)7-8-14(24)18(17)23)10-25-21(30)27-15-9-6-11-4-2-3-5-12(11)15/h2-5,7-8,15-16H,6,9-10,24H2,1H3,(H,26,28)(H2,25,27,30)/t15-,16?/m1/s1. The molecule has 10 heteroatoms. The Morgan fingerprint density at radius 2 is 1.94 bits per heavy atom. The van der Waals surface area contributed by atoms with E-state index in [0.29, 0.717) is 0 Å². The molecule has 0 bridgehead atoms. The zero-order valence-corrected chi connectivity index (χ0v) is 18.2. The van der Waals surface area contributed by atoms with Crippen molar-refractivity contribution in [2.75, 3.05) is 19.4 Å². The summed E-state index contributed by atoms with van der Waals surface area (Å²) in [4.78, 5) is 37.2. The summed E-state index contributed by atoms with van der Waals surface area (Å²) < 4.78 is 4.73. The Bertz CT molecular complexity index is 1010. The number of hydrogen-bond donors (Lipinski definition) is 4. The van der Waals surface area contributed by atoms with Gasteiger partial charge < -0.3 is 26.4 Å². The predicted molar refractivity (Wildman–Crippen MR) is 118 cm³/mol. The fraction of sp³-hybridized carbons (Fsp3) is 0.286. The lowest BCUT2D eigenvalue weighted by Crippen LogP contribution is -2.51. The molecule has 2 aromatic rings. The van der Waals surface area contributed by atoms with Crippen LogP contribution in [0, 0.1) is 0 Å². The Kier molecular flexibility index (Phi) is 7.25. The van der Waals surface area contributed by atoms with Gasteiger partial charge in [-0.2, -0.15) is 0 Å². The minimum absolute atomic E-state index is 0.0285. The van der Waals surface area contributed by atoms with E-state index in [1.165, 1.54) is 24.8 Å². The van der Waals surface area contributed by atoms with E-state index in [1.54, 1.807) is 0 Å². The molecule has 0 fully saturated rings. The molecule has 0 aliphatic heterocycles. The second kappa shape index (κ2) is 9.89. The summed E-state index contributed by atoms with van der Waals surface area (Å²) in [5.74, 6) is -1.46. The van der Waals surface area contributed by atoms with E-state index in [1.807, 2.05) is 24.3 Å². The van der Waals surface area contributed by atoms with E-state index in [0.717, 1.165) is 18.4 Å². The molecule has 8 nitrogen and oxygen atoms in total. The molecule has 0 aromatic heterocycles. The van der Waals surface area contributed by atoms with Gasteiger partial charge in [0.15, 0.2) is 0 Å². The molecule has 2 atom stereocenters. The molecule has 0 spiro atoms. The molecule has 0 saturated carbocycles. The highest BCUT2D eigenvalue weighted by Crippen LogP contribution is 2.31. The highest BCUT2D eigenvalue weighted by atomic mass is 35.5. The molecule has 1 unspecified atom stereocenters. The fourth-order valence-corrected chi connectivity index (χ4v) is 4.00. The third-order valence-corrected chi connectivity index (χ3v) is 5.77. The number of esters is 1. The molecule has 3 rings (SSSR count). The number of ether oxygens (including phenoxy) is 1. The maximum Gasteiger partial charge on any atom is 0.330 e. The van der Waals surface area contributed by atoms with E-state index in [-0.39, 0.29) is 33.9 Å². The smallest absolute Gasteiger partial charge is 0.330 e. The first-order valence-corrected chi connectivity index (χ1v) is 10.3. The summed E-state index contributed by atoms with van der Waals surface area (Å²) in [6.45, 7) is -0.198. The number of anilines is 1. The van der Waals surface area contributed by atoms with Crippen molar-refractivity contribution in [1.82, 2.24) is 16.0 Å². The van der Waals surface area contributed by atoms with Gasteiger partial charge in [0.05, 0.1) is 41.0 Å².